The van der Waals surface area contributed by atoms with Crippen LogP contribution in [0.2, 0.25) is 0 Å². The molecule has 0 fully saturated rings. The van der Waals surface area contributed by atoms with E-state index in [0.717, 1.165) is 18.5 Å². The predicted molar refractivity (Wildman–Crippen MR) is 83.8 cm³/mol. The minimum Gasteiger partial charge on any atom is -0.495 e. The van der Waals surface area contributed by atoms with E-state index in [1.807, 2.05) is 6.07 Å². The largest absolute Gasteiger partial charge is 0.495 e. The van der Waals surface area contributed by atoms with E-state index in [-0.39, 0.29) is 5.91 Å². The van der Waals surface area contributed by atoms with E-state index in [2.05, 4.69) is 17.4 Å². The fraction of sp³-hybridized carbons (Fsp3) is 0.235. The minimum absolute atomic E-state index is 0.165. The molecule has 2 aromatic rings. The molecule has 3 N–H and O–H groups in total. The van der Waals surface area contributed by atoms with Gasteiger partial charge in [-0.25, -0.2) is 0 Å². The molecule has 0 bridgehead atoms. The van der Waals surface area contributed by atoms with Crippen molar-refractivity contribution in [3.8, 4) is 5.75 Å². The monoisotopic (exact) mass is 282 g/mol. The number of hydrogen-bond donors (Lipinski definition) is 2. The third-order valence-corrected chi connectivity index (χ3v) is 3.85. The number of aryl methyl sites for hydroxylation is 2. The van der Waals surface area contributed by atoms with Gasteiger partial charge < -0.3 is 15.8 Å². The Kier molecular flexibility index (Phi) is 3.52. The van der Waals surface area contributed by atoms with Crippen LogP contribution in [0, 0.1) is 0 Å². The summed E-state index contributed by atoms with van der Waals surface area (Å²) in [5.74, 6) is 0.409. The minimum atomic E-state index is -0.165. The highest BCUT2D eigenvalue weighted by Crippen LogP contribution is 2.26. The smallest absolute Gasteiger partial charge is 0.255 e. The van der Waals surface area contributed by atoms with E-state index >= 15 is 0 Å². The summed E-state index contributed by atoms with van der Waals surface area (Å²) in [6.45, 7) is 0. The zero-order chi connectivity index (χ0) is 14.8. The Morgan fingerprint density at radius 3 is 2.71 bits per heavy atom. The first-order valence-electron chi connectivity index (χ1n) is 7.04. The van der Waals surface area contributed by atoms with E-state index < -0.39 is 0 Å². The number of nitrogen functional groups attached to an aromatic ring is 1. The summed E-state index contributed by atoms with van der Waals surface area (Å²) < 4.78 is 5.09. The highest BCUT2D eigenvalue weighted by Gasteiger charge is 2.13. The van der Waals surface area contributed by atoms with Crippen molar-refractivity contribution in [1.82, 2.24) is 0 Å². The molecule has 1 amide bonds. The van der Waals surface area contributed by atoms with Crippen molar-refractivity contribution in [3.63, 3.8) is 0 Å². The highest BCUT2D eigenvalue weighted by molar-refractivity contribution is 6.05. The molecule has 108 valence electrons. The van der Waals surface area contributed by atoms with Crippen LogP contribution in [-0.4, -0.2) is 13.0 Å². The molecule has 1 aliphatic rings. The van der Waals surface area contributed by atoms with Gasteiger partial charge in [0.05, 0.1) is 12.8 Å². The van der Waals surface area contributed by atoms with Crippen LogP contribution in [0.4, 0.5) is 11.4 Å². The number of anilines is 2. The van der Waals surface area contributed by atoms with Gasteiger partial charge in [-0.2, -0.15) is 0 Å². The summed E-state index contributed by atoms with van der Waals surface area (Å²) in [7, 11) is 1.55. The maximum atomic E-state index is 12.3. The summed E-state index contributed by atoms with van der Waals surface area (Å²) in [5, 5.41) is 2.92. The van der Waals surface area contributed by atoms with Gasteiger partial charge in [-0.3, -0.25) is 4.79 Å². The number of hydrogen-bond acceptors (Lipinski definition) is 3. The topological polar surface area (TPSA) is 64.3 Å². The Bertz CT molecular complexity index is 695. The molecule has 0 atom stereocenters. The molecule has 4 nitrogen and oxygen atoms in total. The number of rotatable bonds is 3. The summed E-state index contributed by atoms with van der Waals surface area (Å²) >= 11 is 0. The van der Waals surface area contributed by atoms with Crippen LogP contribution in [0.5, 0.6) is 5.75 Å². The molecule has 4 heteroatoms. The number of fused-ring (bicyclic) bond motifs is 1. The summed E-state index contributed by atoms with van der Waals surface area (Å²) in [4.78, 5) is 12.3. The Morgan fingerprint density at radius 1 is 1.14 bits per heavy atom. The van der Waals surface area contributed by atoms with E-state index in [0.29, 0.717) is 17.0 Å². The molecule has 0 aliphatic heterocycles. The number of carbonyl (C=O) groups is 1. The number of methoxy groups -OCH3 is 1. The summed E-state index contributed by atoms with van der Waals surface area (Å²) in [6, 6.07) is 11.1. The molecule has 0 saturated heterocycles. The van der Waals surface area contributed by atoms with Gasteiger partial charge in [0.25, 0.3) is 5.91 Å². The highest BCUT2D eigenvalue weighted by atomic mass is 16.5. The Balaban J connectivity index is 1.78. The Morgan fingerprint density at radius 2 is 1.95 bits per heavy atom. The predicted octanol–water partition coefficient (Wildman–Crippen LogP) is 3.02. The van der Waals surface area contributed by atoms with Gasteiger partial charge in [0.15, 0.2) is 0 Å². The Labute approximate surface area is 123 Å². The summed E-state index contributed by atoms with van der Waals surface area (Å²) in [6.07, 6.45) is 3.43. The number of benzene rings is 2. The molecular formula is C17H18N2O2. The average Bonchev–Trinajstić information content (AvgIpc) is 2.94. The Hall–Kier alpha value is -2.49. The zero-order valence-corrected chi connectivity index (χ0v) is 12.0. The van der Waals surface area contributed by atoms with E-state index in [1.54, 1.807) is 25.3 Å². The van der Waals surface area contributed by atoms with Gasteiger partial charge in [-0.1, -0.05) is 6.07 Å². The molecular weight excluding hydrogens is 264 g/mol. The lowest BCUT2D eigenvalue weighted by Gasteiger charge is -2.09. The van der Waals surface area contributed by atoms with Crippen LogP contribution in [0.15, 0.2) is 36.4 Å². The first-order valence-corrected chi connectivity index (χ1v) is 7.04. The molecule has 0 saturated carbocycles. The van der Waals surface area contributed by atoms with Crippen LogP contribution in [0.3, 0.4) is 0 Å². The van der Waals surface area contributed by atoms with E-state index in [1.165, 1.54) is 17.5 Å². The van der Waals surface area contributed by atoms with Crippen LogP contribution >= 0.6 is 0 Å². The third kappa shape index (κ3) is 2.70. The SMILES string of the molecule is COc1ccc(C(=O)Nc2ccc3c(c2)CCC3)cc1N. The van der Waals surface area contributed by atoms with Crippen molar-refractivity contribution < 1.29 is 9.53 Å². The second kappa shape index (κ2) is 5.48. The van der Waals surface area contributed by atoms with Crippen LogP contribution in [0.25, 0.3) is 0 Å². The number of nitrogens with one attached hydrogen (secondary N) is 1. The first kappa shape index (κ1) is 13.5. The summed E-state index contributed by atoms with van der Waals surface area (Å²) in [5.41, 5.74) is 10.4. The van der Waals surface area contributed by atoms with Gasteiger partial charge in [0, 0.05) is 11.3 Å². The fourth-order valence-corrected chi connectivity index (χ4v) is 2.73. The van der Waals surface area contributed by atoms with Crippen molar-refractivity contribution in [2.45, 2.75) is 19.3 Å². The lowest BCUT2D eigenvalue weighted by atomic mass is 10.1. The fourth-order valence-electron chi connectivity index (χ4n) is 2.73. The molecule has 0 heterocycles. The molecule has 0 unspecified atom stereocenters. The van der Waals surface area contributed by atoms with Crippen LogP contribution < -0.4 is 15.8 Å². The van der Waals surface area contributed by atoms with Crippen molar-refractivity contribution in [3.05, 3.63) is 53.1 Å². The average molecular weight is 282 g/mol. The molecule has 2 aromatic carbocycles. The normalized spacial score (nSPS) is 12.8. The lowest BCUT2D eigenvalue weighted by Crippen LogP contribution is -2.12. The quantitative estimate of drug-likeness (QED) is 0.850. The second-order valence-electron chi connectivity index (χ2n) is 5.25. The lowest BCUT2D eigenvalue weighted by molar-refractivity contribution is 0.102. The van der Waals surface area contributed by atoms with Crippen molar-refractivity contribution >= 4 is 17.3 Å². The van der Waals surface area contributed by atoms with Gasteiger partial charge in [0.2, 0.25) is 0 Å². The van der Waals surface area contributed by atoms with E-state index in [4.69, 9.17) is 10.5 Å². The molecule has 0 radical (unpaired) electrons. The second-order valence-corrected chi connectivity index (χ2v) is 5.25. The van der Waals surface area contributed by atoms with Gasteiger partial charge >= 0.3 is 0 Å². The maximum absolute atomic E-state index is 12.3. The molecule has 0 aromatic heterocycles. The maximum Gasteiger partial charge on any atom is 0.255 e. The molecule has 0 spiro atoms. The van der Waals surface area contributed by atoms with Crippen LogP contribution in [0.1, 0.15) is 27.9 Å². The number of carbonyl (C=O) groups excluding carboxylic acids is 1. The molecule has 3 rings (SSSR count). The third-order valence-electron chi connectivity index (χ3n) is 3.85. The number of nitrogens with two attached hydrogens (primary N) is 1. The van der Waals surface area contributed by atoms with E-state index in [9.17, 15) is 4.79 Å². The van der Waals surface area contributed by atoms with Crippen molar-refractivity contribution in [2.24, 2.45) is 0 Å². The van der Waals surface area contributed by atoms with Crippen LogP contribution in [-0.2, 0) is 12.8 Å². The first-order chi connectivity index (χ1) is 10.2. The number of amides is 1. The zero-order valence-electron chi connectivity index (χ0n) is 12.0. The number of ether oxygens (including phenoxy) is 1. The van der Waals surface area contributed by atoms with Gasteiger partial charge in [-0.15, -0.1) is 0 Å². The molecule has 1 aliphatic carbocycles. The van der Waals surface area contributed by atoms with Gasteiger partial charge in [-0.05, 0) is 60.7 Å². The van der Waals surface area contributed by atoms with Crippen molar-refractivity contribution in [2.75, 3.05) is 18.2 Å². The standard InChI is InChI=1S/C17H18N2O2/c1-21-16-8-6-13(10-15(16)18)17(20)19-14-7-5-11-3-2-4-12(11)9-14/h5-10H,2-4,18H2,1H3,(H,19,20). The molecule has 21 heavy (non-hydrogen) atoms. The van der Waals surface area contributed by atoms with Gasteiger partial charge in [0.1, 0.15) is 5.75 Å². The van der Waals surface area contributed by atoms with Crippen molar-refractivity contribution in [1.29, 1.82) is 0 Å².